The average molecular weight is 381 g/mol. The Bertz CT molecular complexity index is 878. The number of aryl methyl sites for hydroxylation is 1. The van der Waals surface area contributed by atoms with Crippen LogP contribution >= 0.6 is 11.8 Å². The van der Waals surface area contributed by atoms with Crippen molar-refractivity contribution in [1.29, 1.82) is 0 Å². The van der Waals surface area contributed by atoms with E-state index >= 15 is 0 Å². The smallest absolute Gasteiger partial charge is 0.223 e. The summed E-state index contributed by atoms with van der Waals surface area (Å²) in [5.41, 5.74) is 3.48. The molecule has 0 saturated carbocycles. The van der Waals surface area contributed by atoms with Gasteiger partial charge in [0.1, 0.15) is 11.5 Å². The van der Waals surface area contributed by atoms with Crippen LogP contribution in [0.3, 0.4) is 0 Å². The zero-order valence-electron chi connectivity index (χ0n) is 16.1. The van der Waals surface area contributed by atoms with Crippen molar-refractivity contribution in [2.45, 2.75) is 37.6 Å². The summed E-state index contributed by atoms with van der Waals surface area (Å²) in [6, 6.07) is 17.9. The molecule has 0 bridgehead atoms. The molecule has 4 nitrogen and oxygen atoms in total. The molecular weight excluding hydrogens is 356 g/mol. The predicted molar refractivity (Wildman–Crippen MR) is 110 cm³/mol. The van der Waals surface area contributed by atoms with Crippen LogP contribution in [0.15, 0.2) is 59.8 Å². The van der Waals surface area contributed by atoms with Crippen LogP contribution in [0.2, 0.25) is 0 Å². The predicted octanol–water partition coefficient (Wildman–Crippen LogP) is 6.00. The van der Waals surface area contributed by atoms with Crippen molar-refractivity contribution in [2.24, 2.45) is 0 Å². The molecule has 0 atom stereocenters. The maximum absolute atomic E-state index is 5.96. The minimum atomic E-state index is 0.296. The van der Waals surface area contributed by atoms with E-state index in [1.54, 1.807) is 18.9 Å². The van der Waals surface area contributed by atoms with Crippen molar-refractivity contribution in [2.75, 3.05) is 7.11 Å². The molecule has 27 heavy (non-hydrogen) atoms. The Balaban J connectivity index is 1.77. The van der Waals surface area contributed by atoms with E-state index in [0.29, 0.717) is 11.8 Å². The van der Waals surface area contributed by atoms with Gasteiger partial charge in [-0.25, -0.2) is 4.98 Å². The number of rotatable bonds is 7. The molecule has 0 saturated heterocycles. The maximum Gasteiger partial charge on any atom is 0.223 e. The molecule has 1 heterocycles. The van der Waals surface area contributed by atoms with Gasteiger partial charge in [0, 0.05) is 11.8 Å². The molecule has 0 radical (unpaired) electrons. The average Bonchev–Trinajstić information content (AvgIpc) is 2.68. The quantitative estimate of drug-likeness (QED) is 0.371. The van der Waals surface area contributed by atoms with Gasteiger partial charge >= 0.3 is 0 Å². The Hall–Kier alpha value is -2.53. The van der Waals surface area contributed by atoms with Crippen molar-refractivity contribution in [3.63, 3.8) is 0 Å². The molecule has 2 aromatic carbocycles. The van der Waals surface area contributed by atoms with Gasteiger partial charge in [-0.05, 0) is 42.7 Å². The third-order valence-corrected chi connectivity index (χ3v) is 4.98. The van der Waals surface area contributed by atoms with Crippen molar-refractivity contribution >= 4 is 11.8 Å². The van der Waals surface area contributed by atoms with Gasteiger partial charge in [-0.1, -0.05) is 55.4 Å². The zero-order valence-corrected chi connectivity index (χ0v) is 16.9. The van der Waals surface area contributed by atoms with E-state index in [4.69, 9.17) is 9.47 Å². The van der Waals surface area contributed by atoms with E-state index in [0.717, 1.165) is 28.1 Å². The molecule has 0 spiro atoms. The second kappa shape index (κ2) is 8.91. The molecule has 5 heteroatoms. The summed E-state index contributed by atoms with van der Waals surface area (Å²) in [4.78, 5) is 9.27. The fourth-order valence-corrected chi connectivity index (χ4v) is 3.24. The number of benzene rings is 2. The molecule has 0 N–H and O–H groups in total. The molecule has 0 amide bonds. The molecule has 1 aromatic heterocycles. The summed E-state index contributed by atoms with van der Waals surface area (Å²) < 4.78 is 11.1. The van der Waals surface area contributed by atoms with E-state index in [1.165, 1.54) is 11.1 Å². The van der Waals surface area contributed by atoms with Gasteiger partial charge in [0.15, 0.2) is 5.16 Å². The minimum Gasteiger partial charge on any atom is -0.497 e. The molecule has 0 aliphatic heterocycles. The lowest BCUT2D eigenvalue weighted by Crippen LogP contribution is -2.00. The molecule has 3 aromatic rings. The lowest BCUT2D eigenvalue weighted by atomic mass is 10.1. The van der Waals surface area contributed by atoms with Crippen LogP contribution in [-0.4, -0.2) is 17.1 Å². The topological polar surface area (TPSA) is 44.2 Å². The number of thioether (sulfide) groups is 1. The first-order valence-electron chi connectivity index (χ1n) is 8.92. The Kier molecular flexibility index (Phi) is 6.35. The largest absolute Gasteiger partial charge is 0.497 e. The van der Waals surface area contributed by atoms with Crippen molar-refractivity contribution < 1.29 is 9.47 Å². The van der Waals surface area contributed by atoms with Crippen molar-refractivity contribution in [1.82, 2.24) is 9.97 Å². The number of hydrogen-bond acceptors (Lipinski definition) is 5. The Labute approximate surface area is 165 Å². The van der Waals surface area contributed by atoms with Crippen LogP contribution in [-0.2, 0) is 5.75 Å². The van der Waals surface area contributed by atoms with E-state index < -0.39 is 0 Å². The van der Waals surface area contributed by atoms with Crippen molar-refractivity contribution in [3.05, 3.63) is 71.4 Å². The van der Waals surface area contributed by atoms with E-state index in [2.05, 4.69) is 55.0 Å². The first-order chi connectivity index (χ1) is 13.0. The minimum absolute atomic E-state index is 0.296. The molecule has 3 rings (SSSR count). The first-order valence-corrected chi connectivity index (χ1v) is 9.91. The second-order valence-electron chi connectivity index (χ2n) is 6.62. The summed E-state index contributed by atoms with van der Waals surface area (Å²) in [7, 11) is 1.65. The second-order valence-corrected chi connectivity index (χ2v) is 7.56. The molecule has 140 valence electrons. The lowest BCUT2D eigenvalue weighted by molar-refractivity contribution is 0.411. The number of aromatic nitrogens is 2. The number of nitrogens with zero attached hydrogens (tertiary/aromatic N) is 2. The normalized spacial score (nSPS) is 10.9. The van der Waals surface area contributed by atoms with Crippen LogP contribution < -0.4 is 9.47 Å². The van der Waals surface area contributed by atoms with Gasteiger partial charge in [0.05, 0.1) is 12.8 Å². The highest BCUT2D eigenvalue weighted by atomic mass is 32.2. The van der Waals surface area contributed by atoms with Crippen LogP contribution in [0.1, 0.15) is 36.6 Å². The third kappa shape index (κ3) is 5.47. The highest BCUT2D eigenvalue weighted by Crippen LogP contribution is 2.28. The van der Waals surface area contributed by atoms with Crippen molar-refractivity contribution in [3.8, 4) is 17.4 Å². The van der Waals surface area contributed by atoms with Gasteiger partial charge in [0.25, 0.3) is 0 Å². The van der Waals surface area contributed by atoms with E-state index in [1.807, 2.05) is 30.3 Å². The highest BCUT2D eigenvalue weighted by molar-refractivity contribution is 7.98. The number of hydrogen-bond donors (Lipinski definition) is 0. The van der Waals surface area contributed by atoms with Gasteiger partial charge in [-0.2, -0.15) is 4.98 Å². The SMILES string of the molecule is COc1ccc(Oc2cc(C(C)C)nc(SCc3ccc(C)cc3)n2)cc1. The Morgan fingerprint density at radius 2 is 1.59 bits per heavy atom. The van der Waals surface area contributed by atoms with Gasteiger partial charge in [0.2, 0.25) is 5.88 Å². The van der Waals surface area contributed by atoms with Crippen LogP contribution in [0.4, 0.5) is 0 Å². The van der Waals surface area contributed by atoms with Gasteiger partial charge < -0.3 is 9.47 Å². The Morgan fingerprint density at radius 3 is 2.22 bits per heavy atom. The fraction of sp³-hybridized carbons (Fsp3) is 0.273. The Morgan fingerprint density at radius 1 is 0.926 bits per heavy atom. The van der Waals surface area contributed by atoms with Crippen LogP contribution in [0.25, 0.3) is 0 Å². The summed E-state index contributed by atoms with van der Waals surface area (Å²) >= 11 is 1.62. The highest BCUT2D eigenvalue weighted by Gasteiger charge is 2.10. The summed E-state index contributed by atoms with van der Waals surface area (Å²) in [6.45, 7) is 6.33. The van der Waals surface area contributed by atoms with Gasteiger partial charge in [-0.15, -0.1) is 0 Å². The maximum atomic E-state index is 5.96. The number of methoxy groups -OCH3 is 1. The van der Waals surface area contributed by atoms with Gasteiger partial charge in [-0.3, -0.25) is 0 Å². The lowest BCUT2D eigenvalue weighted by Gasteiger charge is -2.11. The molecule has 0 aliphatic rings. The monoisotopic (exact) mass is 380 g/mol. The molecule has 0 unspecified atom stereocenters. The molecule has 0 aliphatic carbocycles. The van der Waals surface area contributed by atoms with Crippen LogP contribution in [0, 0.1) is 6.92 Å². The summed E-state index contributed by atoms with van der Waals surface area (Å²) in [6.07, 6.45) is 0. The summed E-state index contributed by atoms with van der Waals surface area (Å²) in [5.74, 6) is 3.19. The summed E-state index contributed by atoms with van der Waals surface area (Å²) in [5, 5.41) is 0.727. The zero-order chi connectivity index (χ0) is 19.2. The first kappa shape index (κ1) is 19.2. The van der Waals surface area contributed by atoms with Crippen LogP contribution in [0.5, 0.6) is 17.4 Å². The standard InChI is InChI=1S/C22H24N2O2S/c1-15(2)20-13-21(26-19-11-9-18(25-4)10-12-19)24-22(23-20)27-14-17-7-5-16(3)6-8-17/h5-13,15H,14H2,1-4H3. The third-order valence-electron chi connectivity index (χ3n) is 4.06. The molecule has 0 fully saturated rings. The van der Waals surface area contributed by atoms with E-state index in [9.17, 15) is 0 Å². The fourth-order valence-electron chi connectivity index (χ4n) is 2.43. The molecular formula is C22H24N2O2S. The number of ether oxygens (including phenoxy) is 2. The van der Waals surface area contributed by atoms with E-state index in [-0.39, 0.29) is 0 Å².